The summed E-state index contributed by atoms with van der Waals surface area (Å²) >= 11 is 0. The van der Waals surface area contributed by atoms with E-state index in [1.165, 1.54) is 23.5 Å². The van der Waals surface area contributed by atoms with E-state index in [9.17, 15) is 14.4 Å². The summed E-state index contributed by atoms with van der Waals surface area (Å²) in [6.07, 6.45) is 2.89. The Morgan fingerprint density at radius 1 is 0.865 bits per heavy atom. The largest absolute Gasteiger partial charge is 0.494 e. The van der Waals surface area contributed by atoms with Crippen LogP contribution in [0.2, 0.25) is 0 Å². The minimum Gasteiger partial charge on any atom is -0.494 e. The van der Waals surface area contributed by atoms with Crippen LogP contribution in [0.1, 0.15) is 34.8 Å². The lowest BCUT2D eigenvalue weighted by atomic mass is 10.0. The lowest BCUT2D eigenvalue weighted by Crippen LogP contribution is -2.47. The molecule has 0 fully saturated rings. The molecule has 4 rings (SSSR count). The first-order valence-corrected chi connectivity index (χ1v) is 11.8. The zero-order chi connectivity index (χ0) is 26.0. The fourth-order valence-electron chi connectivity index (χ4n) is 3.78. The smallest absolute Gasteiger partial charge is 0.287 e. The highest BCUT2D eigenvalue weighted by Crippen LogP contribution is 2.29. The van der Waals surface area contributed by atoms with Gasteiger partial charge in [0.1, 0.15) is 17.6 Å². The van der Waals surface area contributed by atoms with Crippen LogP contribution in [0.3, 0.4) is 0 Å². The molecule has 0 radical (unpaired) electrons. The van der Waals surface area contributed by atoms with Crippen LogP contribution in [0.25, 0.3) is 0 Å². The molecule has 1 unspecified atom stereocenters. The molecule has 0 spiro atoms. The third-order valence-electron chi connectivity index (χ3n) is 5.48. The van der Waals surface area contributed by atoms with Gasteiger partial charge < -0.3 is 24.2 Å². The van der Waals surface area contributed by atoms with Crippen molar-refractivity contribution < 1.29 is 28.0 Å². The number of hydrogen-bond donors (Lipinski definition) is 2. The predicted molar refractivity (Wildman–Crippen MR) is 136 cm³/mol. The Bertz CT molecular complexity index is 1290. The molecule has 0 bridgehead atoms. The molecule has 0 aliphatic heterocycles. The molecule has 2 aromatic heterocycles. The van der Waals surface area contributed by atoms with Gasteiger partial charge in [0.2, 0.25) is 11.8 Å². The maximum Gasteiger partial charge on any atom is 0.287 e. The molecule has 0 aliphatic carbocycles. The van der Waals surface area contributed by atoms with E-state index in [1.54, 1.807) is 66.7 Å². The summed E-state index contributed by atoms with van der Waals surface area (Å²) in [5, 5.41) is 5.43. The van der Waals surface area contributed by atoms with Gasteiger partial charge in [0.15, 0.2) is 5.76 Å². The molecule has 37 heavy (non-hydrogen) atoms. The van der Waals surface area contributed by atoms with E-state index in [-0.39, 0.29) is 18.8 Å². The van der Waals surface area contributed by atoms with Crippen molar-refractivity contribution in [2.24, 2.45) is 0 Å². The van der Waals surface area contributed by atoms with Crippen molar-refractivity contribution in [2.45, 2.75) is 19.5 Å². The third kappa shape index (κ3) is 6.46. The Hall–Kier alpha value is -4.79. The van der Waals surface area contributed by atoms with Gasteiger partial charge in [-0.1, -0.05) is 30.3 Å². The minimum atomic E-state index is -1.03. The van der Waals surface area contributed by atoms with Crippen molar-refractivity contribution in [2.75, 3.05) is 18.1 Å². The second-order valence-electron chi connectivity index (χ2n) is 7.96. The van der Waals surface area contributed by atoms with Crippen LogP contribution in [-0.2, 0) is 16.1 Å². The van der Waals surface area contributed by atoms with E-state index in [0.717, 1.165) is 0 Å². The molecule has 2 N–H and O–H groups in total. The summed E-state index contributed by atoms with van der Waals surface area (Å²) < 4.78 is 16.0. The molecule has 2 aromatic carbocycles. The van der Waals surface area contributed by atoms with Crippen LogP contribution < -0.4 is 20.3 Å². The van der Waals surface area contributed by atoms with Crippen LogP contribution in [0.4, 0.5) is 5.69 Å². The van der Waals surface area contributed by atoms with Gasteiger partial charge in [-0.2, -0.15) is 0 Å². The molecule has 3 amide bonds. The average Bonchev–Trinajstić information content (AvgIpc) is 3.65. The van der Waals surface area contributed by atoms with E-state index in [1.807, 2.05) is 13.0 Å². The second kappa shape index (κ2) is 12.3. The summed E-state index contributed by atoms with van der Waals surface area (Å²) in [6.45, 7) is 2.15. The minimum absolute atomic E-state index is 0.0798. The predicted octanol–water partition coefficient (Wildman–Crippen LogP) is 4.09. The molecule has 4 aromatic rings. The van der Waals surface area contributed by atoms with Crippen LogP contribution in [0.5, 0.6) is 5.75 Å². The first kappa shape index (κ1) is 25.3. The van der Waals surface area contributed by atoms with Crippen LogP contribution in [-0.4, -0.2) is 30.9 Å². The van der Waals surface area contributed by atoms with E-state index in [0.29, 0.717) is 29.4 Å². The number of ether oxygens (including phenoxy) is 1. The van der Waals surface area contributed by atoms with E-state index >= 15 is 0 Å². The number of anilines is 1. The number of amides is 3. The van der Waals surface area contributed by atoms with Crippen molar-refractivity contribution in [3.8, 4) is 5.75 Å². The van der Waals surface area contributed by atoms with E-state index < -0.39 is 23.8 Å². The van der Waals surface area contributed by atoms with Gasteiger partial charge in [0.25, 0.3) is 5.91 Å². The molecular weight excluding hydrogens is 474 g/mol. The Kier molecular flexibility index (Phi) is 8.38. The number of nitrogens with zero attached hydrogens (tertiary/aromatic N) is 1. The standard InChI is InChI=1S/C28H27N3O6/c1-2-35-22-14-12-21(13-15-22)31(25(32)19-30-27(33)24-11-7-17-37-24)26(20-8-4-3-5-9-20)28(34)29-18-23-10-6-16-36-23/h3-17,26H,2,18-19H2,1H3,(H,29,34)(H,30,33). The fourth-order valence-corrected chi connectivity index (χ4v) is 3.78. The number of furan rings is 2. The Balaban J connectivity index is 1.66. The maximum atomic E-state index is 13.6. The average molecular weight is 502 g/mol. The molecule has 9 heteroatoms. The third-order valence-corrected chi connectivity index (χ3v) is 5.48. The summed E-state index contributed by atoms with van der Waals surface area (Å²) in [6, 6.07) is 21.3. The van der Waals surface area contributed by atoms with Gasteiger partial charge in [0.05, 0.1) is 32.2 Å². The van der Waals surface area contributed by atoms with Crippen LogP contribution >= 0.6 is 0 Å². The second-order valence-corrected chi connectivity index (χ2v) is 7.96. The van der Waals surface area contributed by atoms with Crippen molar-refractivity contribution >= 4 is 23.4 Å². The normalized spacial score (nSPS) is 11.4. The SMILES string of the molecule is CCOc1ccc(N(C(=O)CNC(=O)c2ccco2)C(C(=O)NCc2ccco2)c2ccccc2)cc1. The molecule has 0 aliphatic rings. The van der Waals surface area contributed by atoms with Crippen molar-refractivity contribution in [3.05, 3.63) is 108 Å². The molecule has 0 saturated carbocycles. The quantitative estimate of drug-likeness (QED) is 0.320. The highest BCUT2D eigenvalue weighted by atomic mass is 16.5. The van der Waals surface area contributed by atoms with Gasteiger partial charge in [-0.3, -0.25) is 19.3 Å². The number of nitrogens with one attached hydrogen (secondary N) is 2. The maximum absolute atomic E-state index is 13.6. The fraction of sp³-hybridized carbons (Fsp3) is 0.179. The van der Waals surface area contributed by atoms with Gasteiger partial charge >= 0.3 is 0 Å². The first-order chi connectivity index (χ1) is 18.1. The Labute approximate surface area is 214 Å². The summed E-state index contributed by atoms with van der Waals surface area (Å²) in [5.74, 6) is -0.166. The zero-order valence-electron chi connectivity index (χ0n) is 20.3. The number of hydrogen-bond acceptors (Lipinski definition) is 6. The molecule has 190 valence electrons. The van der Waals surface area contributed by atoms with E-state index in [4.69, 9.17) is 13.6 Å². The lowest BCUT2D eigenvalue weighted by molar-refractivity contribution is -0.126. The molecule has 2 heterocycles. The van der Waals surface area contributed by atoms with Crippen molar-refractivity contribution in [3.63, 3.8) is 0 Å². The van der Waals surface area contributed by atoms with Gasteiger partial charge in [-0.05, 0) is 61.0 Å². The van der Waals surface area contributed by atoms with Gasteiger partial charge in [0, 0.05) is 5.69 Å². The zero-order valence-corrected chi connectivity index (χ0v) is 20.3. The lowest BCUT2D eigenvalue weighted by Gasteiger charge is -2.31. The Morgan fingerprint density at radius 2 is 1.59 bits per heavy atom. The number of carbonyl (C=O) groups excluding carboxylic acids is 3. The highest BCUT2D eigenvalue weighted by molar-refractivity contribution is 6.04. The summed E-state index contributed by atoms with van der Waals surface area (Å²) in [5.41, 5.74) is 1.06. The van der Waals surface area contributed by atoms with Gasteiger partial charge in [-0.25, -0.2) is 0 Å². The number of rotatable bonds is 11. The molecule has 1 atom stereocenters. The molecular formula is C28H27N3O6. The van der Waals surface area contributed by atoms with Crippen molar-refractivity contribution in [1.82, 2.24) is 10.6 Å². The Morgan fingerprint density at radius 3 is 2.24 bits per heavy atom. The monoisotopic (exact) mass is 501 g/mol. The number of benzene rings is 2. The topological polar surface area (TPSA) is 114 Å². The van der Waals surface area contributed by atoms with Crippen LogP contribution in [0.15, 0.2) is 100 Å². The van der Waals surface area contributed by atoms with Crippen molar-refractivity contribution in [1.29, 1.82) is 0 Å². The van der Waals surface area contributed by atoms with Gasteiger partial charge in [-0.15, -0.1) is 0 Å². The summed E-state index contributed by atoms with van der Waals surface area (Å²) in [4.78, 5) is 41.0. The molecule has 9 nitrogen and oxygen atoms in total. The summed E-state index contributed by atoms with van der Waals surface area (Å²) in [7, 11) is 0. The highest BCUT2D eigenvalue weighted by Gasteiger charge is 2.33. The molecule has 0 saturated heterocycles. The van der Waals surface area contributed by atoms with E-state index in [2.05, 4.69) is 10.6 Å². The number of carbonyl (C=O) groups is 3. The first-order valence-electron chi connectivity index (χ1n) is 11.8. The van der Waals surface area contributed by atoms with Crippen LogP contribution in [0, 0.1) is 0 Å².